The van der Waals surface area contributed by atoms with Crippen molar-refractivity contribution in [1.29, 1.82) is 0 Å². The lowest BCUT2D eigenvalue weighted by atomic mass is 9.76. The molecular formula is C24H28F5NO3. The number of hydrogen-bond donors (Lipinski definition) is 1. The maximum atomic E-state index is 14.5. The molecule has 1 saturated heterocycles. The third-order valence-electron chi connectivity index (χ3n) is 6.60. The smallest absolute Gasteiger partial charge is 0.417 e. The number of halogens is 5. The Labute approximate surface area is 189 Å². The zero-order valence-corrected chi connectivity index (χ0v) is 19.4. The highest BCUT2D eigenvalue weighted by atomic mass is 19.4. The predicted octanol–water partition coefficient (Wildman–Crippen LogP) is 5.98. The van der Waals surface area contributed by atoms with Crippen LogP contribution < -0.4 is 10.2 Å². The number of H-pyrrole nitrogens is 1. The van der Waals surface area contributed by atoms with Crippen molar-refractivity contribution in [2.24, 2.45) is 11.8 Å². The summed E-state index contributed by atoms with van der Waals surface area (Å²) in [6.45, 7) is 7.85. The van der Waals surface area contributed by atoms with Gasteiger partial charge >= 0.3 is 6.18 Å². The van der Waals surface area contributed by atoms with E-state index in [1.807, 2.05) is 13.8 Å². The fourth-order valence-electron chi connectivity index (χ4n) is 4.64. The molecule has 4 nitrogen and oxygen atoms in total. The Morgan fingerprint density at radius 3 is 2.39 bits per heavy atom. The molecule has 1 aromatic carbocycles. The van der Waals surface area contributed by atoms with Crippen LogP contribution in [0.1, 0.15) is 62.2 Å². The van der Waals surface area contributed by atoms with Crippen LogP contribution in [0.15, 0.2) is 23.0 Å². The summed E-state index contributed by atoms with van der Waals surface area (Å²) in [5.74, 6) is -5.04. The largest absolute Gasteiger partial charge is 0.493 e. The van der Waals surface area contributed by atoms with Gasteiger partial charge in [-0.15, -0.1) is 0 Å². The molecule has 9 heteroatoms. The first kappa shape index (κ1) is 25.2. The molecule has 0 unspecified atom stereocenters. The van der Waals surface area contributed by atoms with Crippen LogP contribution in [0.5, 0.6) is 5.75 Å². The van der Waals surface area contributed by atoms with E-state index < -0.39 is 47.1 Å². The minimum absolute atomic E-state index is 0.0339. The van der Waals surface area contributed by atoms with Crippen LogP contribution in [0.3, 0.4) is 0 Å². The SMILES string of the molecule is COc1c([C@H]2[C@H](c3cc(=O)c(CC(C)C)c(C)[nH]3)O[C@@](C)(C(F)(F)F)[C@H]2C)ccc(F)c1F. The minimum atomic E-state index is -4.75. The number of aromatic amines is 1. The highest BCUT2D eigenvalue weighted by Crippen LogP contribution is 2.59. The molecular weight excluding hydrogens is 445 g/mol. The second-order valence-electron chi connectivity index (χ2n) is 9.23. The van der Waals surface area contributed by atoms with E-state index in [2.05, 4.69) is 4.98 Å². The Morgan fingerprint density at radius 1 is 1.24 bits per heavy atom. The molecule has 33 heavy (non-hydrogen) atoms. The van der Waals surface area contributed by atoms with Gasteiger partial charge in [0.15, 0.2) is 22.6 Å². The minimum Gasteiger partial charge on any atom is -0.493 e. The van der Waals surface area contributed by atoms with Gasteiger partial charge in [0.2, 0.25) is 5.82 Å². The first-order valence-corrected chi connectivity index (χ1v) is 10.7. The van der Waals surface area contributed by atoms with Gasteiger partial charge in [0.05, 0.1) is 7.11 Å². The molecule has 3 rings (SSSR count). The maximum absolute atomic E-state index is 14.5. The number of alkyl halides is 3. The van der Waals surface area contributed by atoms with Crippen LogP contribution in [0.4, 0.5) is 22.0 Å². The van der Waals surface area contributed by atoms with Crippen molar-refractivity contribution >= 4 is 0 Å². The van der Waals surface area contributed by atoms with Crippen LogP contribution in [-0.2, 0) is 11.2 Å². The standard InChI is InChI=1S/C24H28F5NO3/c1-11(2)9-15-13(4)30-17(10-18(15)31)22-19(12(3)23(5,33-22)24(27,28)29)14-7-8-16(25)20(26)21(14)32-6/h7-8,10-12,19,22H,9H2,1-6H3,(H,30,31)/t12-,19-,22-,23+/m0/s1. The van der Waals surface area contributed by atoms with E-state index in [1.165, 1.54) is 19.1 Å². The number of rotatable bonds is 5. The number of aromatic nitrogens is 1. The Hall–Kier alpha value is -2.42. The topological polar surface area (TPSA) is 51.3 Å². The van der Waals surface area contributed by atoms with E-state index >= 15 is 0 Å². The zero-order valence-electron chi connectivity index (χ0n) is 19.4. The predicted molar refractivity (Wildman–Crippen MR) is 113 cm³/mol. The van der Waals surface area contributed by atoms with E-state index in [0.717, 1.165) is 20.1 Å². The van der Waals surface area contributed by atoms with E-state index in [1.54, 1.807) is 6.92 Å². The fraction of sp³-hybridized carbons (Fsp3) is 0.542. The van der Waals surface area contributed by atoms with Gasteiger partial charge in [-0.1, -0.05) is 26.8 Å². The summed E-state index contributed by atoms with van der Waals surface area (Å²) in [5, 5.41) is 0. The normalized spacial score (nSPS) is 25.6. The highest BCUT2D eigenvalue weighted by molar-refractivity contribution is 5.42. The maximum Gasteiger partial charge on any atom is 0.417 e. The molecule has 2 aromatic rings. The molecule has 4 atom stereocenters. The first-order chi connectivity index (χ1) is 15.2. The lowest BCUT2D eigenvalue weighted by Gasteiger charge is -2.32. The lowest BCUT2D eigenvalue weighted by Crippen LogP contribution is -2.46. The van der Waals surface area contributed by atoms with Crippen molar-refractivity contribution in [2.75, 3.05) is 7.11 Å². The quantitative estimate of drug-likeness (QED) is 0.544. The molecule has 1 fully saturated rings. The number of hydrogen-bond acceptors (Lipinski definition) is 3. The van der Waals surface area contributed by atoms with Gasteiger partial charge in [0.25, 0.3) is 0 Å². The zero-order chi connectivity index (χ0) is 24.9. The van der Waals surface area contributed by atoms with Gasteiger partial charge in [-0.05, 0) is 32.3 Å². The van der Waals surface area contributed by atoms with Gasteiger partial charge in [-0.25, -0.2) is 4.39 Å². The van der Waals surface area contributed by atoms with Gasteiger partial charge < -0.3 is 14.5 Å². The molecule has 0 amide bonds. The Bertz CT molecular complexity index is 1090. The van der Waals surface area contributed by atoms with Crippen LogP contribution in [0, 0.1) is 30.4 Å². The Balaban J connectivity index is 2.23. The summed E-state index contributed by atoms with van der Waals surface area (Å²) in [4.78, 5) is 15.9. The Kier molecular flexibility index (Phi) is 6.68. The molecule has 1 N–H and O–H groups in total. The number of aryl methyl sites for hydroxylation is 1. The monoisotopic (exact) mass is 473 g/mol. The van der Waals surface area contributed by atoms with Crippen molar-refractivity contribution < 1.29 is 31.4 Å². The first-order valence-electron chi connectivity index (χ1n) is 10.7. The number of methoxy groups -OCH3 is 1. The number of ether oxygens (including phenoxy) is 2. The molecule has 0 radical (unpaired) electrons. The van der Waals surface area contributed by atoms with E-state index in [4.69, 9.17) is 9.47 Å². The second-order valence-corrected chi connectivity index (χ2v) is 9.23. The van der Waals surface area contributed by atoms with Gasteiger partial charge in [0, 0.05) is 40.4 Å². The molecule has 0 bridgehead atoms. The van der Waals surface area contributed by atoms with Crippen molar-refractivity contribution in [2.45, 2.75) is 64.8 Å². The van der Waals surface area contributed by atoms with Crippen molar-refractivity contribution in [3.63, 3.8) is 0 Å². The third-order valence-corrected chi connectivity index (χ3v) is 6.60. The lowest BCUT2D eigenvalue weighted by molar-refractivity contribution is -0.275. The summed E-state index contributed by atoms with van der Waals surface area (Å²) >= 11 is 0. The molecule has 182 valence electrons. The number of nitrogens with one attached hydrogen (secondary N) is 1. The summed E-state index contributed by atoms with van der Waals surface area (Å²) in [5.41, 5.74) is -1.67. The highest BCUT2D eigenvalue weighted by Gasteiger charge is 2.65. The van der Waals surface area contributed by atoms with Gasteiger partial charge in [0.1, 0.15) is 6.10 Å². The van der Waals surface area contributed by atoms with Crippen molar-refractivity contribution in [1.82, 2.24) is 4.98 Å². The van der Waals surface area contributed by atoms with Crippen LogP contribution >= 0.6 is 0 Å². The summed E-state index contributed by atoms with van der Waals surface area (Å²) in [6, 6.07) is 3.29. The average molecular weight is 473 g/mol. The van der Waals surface area contributed by atoms with Gasteiger partial charge in [-0.3, -0.25) is 4.79 Å². The Morgan fingerprint density at radius 2 is 1.88 bits per heavy atom. The van der Waals surface area contributed by atoms with Crippen LogP contribution in [-0.4, -0.2) is 23.9 Å². The van der Waals surface area contributed by atoms with E-state index in [9.17, 15) is 26.7 Å². The van der Waals surface area contributed by atoms with E-state index in [-0.39, 0.29) is 22.6 Å². The molecule has 1 aliphatic rings. The van der Waals surface area contributed by atoms with Crippen LogP contribution in [0.2, 0.25) is 0 Å². The second kappa shape index (κ2) is 8.74. The van der Waals surface area contributed by atoms with E-state index in [0.29, 0.717) is 17.7 Å². The molecule has 0 spiro atoms. The number of benzene rings is 1. The van der Waals surface area contributed by atoms with Crippen LogP contribution in [0.25, 0.3) is 0 Å². The van der Waals surface area contributed by atoms with Crippen molar-refractivity contribution in [3.05, 3.63) is 62.6 Å². The van der Waals surface area contributed by atoms with Gasteiger partial charge in [-0.2, -0.15) is 17.6 Å². The summed E-state index contributed by atoms with van der Waals surface area (Å²) in [6.07, 6.45) is -5.52. The van der Waals surface area contributed by atoms with Crippen molar-refractivity contribution in [3.8, 4) is 5.75 Å². The summed E-state index contributed by atoms with van der Waals surface area (Å²) in [7, 11) is 1.12. The molecule has 1 aliphatic heterocycles. The molecule has 1 aromatic heterocycles. The fourth-order valence-corrected chi connectivity index (χ4v) is 4.64. The average Bonchev–Trinajstić information content (AvgIpc) is 2.98. The summed E-state index contributed by atoms with van der Waals surface area (Å²) < 4.78 is 81.3. The molecule has 2 heterocycles. The third kappa shape index (κ3) is 4.27. The molecule has 0 aliphatic carbocycles. The molecule has 0 saturated carbocycles. The number of pyridine rings is 1.